The van der Waals surface area contributed by atoms with E-state index < -0.39 is 11.2 Å². The molecule has 0 amide bonds. The van der Waals surface area contributed by atoms with Crippen LogP contribution in [0.3, 0.4) is 0 Å². The van der Waals surface area contributed by atoms with E-state index in [4.69, 9.17) is 16.0 Å². The summed E-state index contributed by atoms with van der Waals surface area (Å²) in [4.78, 5) is 11.6. The fourth-order valence-electron chi connectivity index (χ4n) is 2.83. The Bertz CT molecular complexity index is 1320. The highest BCUT2D eigenvalue weighted by molar-refractivity contribution is 7.98. The van der Waals surface area contributed by atoms with Crippen molar-refractivity contribution in [3.63, 3.8) is 0 Å². The topological polar surface area (TPSA) is 134 Å². The molecule has 0 bridgehead atoms. The number of phenols is 2. The van der Waals surface area contributed by atoms with Gasteiger partial charge in [0.2, 0.25) is 10.6 Å². The van der Waals surface area contributed by atoms with Crippen LogP contribution in [-0.2, 0) is 12.3 Å². The van der Waals surface area contributed by atoms with E-state index in [0.717, 1.165) is 6.26 Å². The normalized spacial score (nSPS) is 10.9. The van der Waals surface area contributed by atoms with E-state index in [1.165, 1.54) is 30.0 Å². The van der Waals surface area contributed by atoms with Crippen LogP contribution < -0.4 is 10.9 Å². The van der Waals surface area contributed by atoms with E-state index >= 15 is 0 Å². The third-order valence-corrected chi connectivity index (χ3v) is 5.72. The molecule has 2 heterocycles. The number of nitrogens with one attached hydrogen (secondary N) is 1. The molecule has 4 rings (SSSR count). The van der Waals surface area contributed by atoms with Crippen molar-refractivity contribution in [2.45, 2.75) is 17.5 Å². The molecule has 0 unspecified atom stereocenters. The number of benzene rings is 2. The van der Waals surface area contributed by atoms with Crippen molar-refractivity contribution in [3.05, 3.63) is 81.4 Å². The van der Waals surface area contributed by atoms with Gasteiger partial charge in [-0.2, -0.15) is 0 Å². The summed E-state index contributed by atoms with van der Waals surface area (Å²) in [5, 5.41) is 38.1. The zero-order valence-electron chi connectivity index (χ0n) is 16.4. The Kier molecular flexibility index (Phi) is 6.24. The van der Waals surface area contributed by atoms with Gasteiger partial charge in [0.25, 0.3) is 0 Å². The molecule has 0 spiro atoms. The fraction of sp³-hybridized carbons (Fsp3) is 0.0952. The quantitative estimate of drug-likeness (QED) is 0.234. The van der Waals surface area contributed by atoms with Crippen LogP contribution in [0, 0.1) is 0 Å². The van der Waals surface area contributed by atoms with Crippen LogP contribution in [0.2, 0.25) is 5.02 Å². The van der Waals surface area contributed by atoms with E-state index in [9.17, 15) is 20.1 Å². The minimum absolute atomic E-state index is 0.207. The van der Waals surface area contributed by atoms with Crippen molar-refractivity contribution >= 4 is 23.4 Å². The number of hydrogen-bond acceptors (Lipinski definition) is 9. The van der Waals surface area contributed by atoms with Gasteiger partial charge in [-0.05, 0) is 29.8 Å². The SMILES string of the molecule is O=c1cc(CSc2nnc(-c3ccccc3Cl)n2NCc2ccc(O)c(O)c2)occ1O. The van der Waals surface area contributed by atoms with Gasteiger partial charge in [0.15, 0.2) is 23.1 Å². The van der Waals surface area contributed by atoms with Gasteiger partial charge in [-0.3, -0.25) is 4.79 Å². The fourth-order valence-corrected chi connectivity index (χ4v) is 3.85. The maximum absolute atomic E-state index is 11.6. The number of aromatic nitrogens is 3. The van der Waals surface area contributed by atoms with E-state index in [0.29, 0.717) is 32.9 Å². The van der Waals surface area contributed by atoms with Gasteiger partial charge in [0.1, 0.15) is 12.0 Å². The van der Waals surface area contributed by atoms with Crippen LogP contribution in [-0.4, -0.2) is 30.2 Å². The van der Waals surface area contributed by atoms with Gasteiger partial charge in [-0.25, -0.2) is 4.68 Å². The van der Waals surface area contributed by atoms with Gasteiger partial charge < -0.3 is 25.2 Å². The Morgan fingerprint density at radius 1 is 1.03 bits per heavy atom. The monoisotopic (exact) mass is 472 g/mol. The lowest BCUT2D eigenvalue weighted by Gasteiger charge is -2.14. The van der Waals surface area contributed by atoms with Crippen molar-refractivity contribution in [3.8, 4) is 28.6 Å². The van der Waals surface area contributed by atoms with Gasteiger partial charge in [-0.15, -0.1) is 10.2 Å². The van der Waals surface area contributed by atoms with Crippen LogP contribution >= 0.6 is 23.4 Å². The van der Waals surface area contributed by atoms with Gasteiger partial charge in [-0.1, -0.05) is 41.6 Å². The summed E-state index contributed by atoms with van der Waals surface area (Å²) < 4.78 is 6.89. The van der Waals surface area contributed by atoms with Crippen molar-refractivity contribution in [2.24, 2.45) is 0 Å². The molecule has 0 fully saturated rings. The van der Waals surface area contributed by atoms with Crippen LogP contribution in [0.15, 0.2) is 69.2 Å². The molecule has 0 aliphatic rings. The van der Waals surface area contributed by atoms with E-state index in [1.54, 1.807) is 16.8 Å². The van der Waals surface area contributed by atoms with Crippen LogP contribution in [0.25, 0.3) is 11.4 Å². The van der Waals surface area contributed by atoms with Gasteiger partial charge in [0.05, 0.1) is 17.3 Å². The second-order valence-electron chi connectivity index (χ2n) is 6.66. The predicted molar refractivity (Wildman–Crippen MR) is 120 cm³/mol. The minimum Gasteiger partial charge on any atom is -0.504 e. The Morgan fingerprint density at radius 3 is 2.59 bits per heavy atom. The second kappa shape index (κ2) is 9.25. The highest BCUT2D eigenvalue weighted by Gasteiger charge is 2.17. The smallest absolute Gasteiger partial charge is 0.226 e. The van der Waals surface area contributed by atoms with Gasteiger partial charge >= 0.3 is 0 Å². The highest BCUT2D eigenvalue weighted by Crippen LogP contribution is 2.30. The average molecular weight is 473 g/mol. The molecular formula is C21H17ClN4O5S. The lowest BCUT2D eigenvalue weighted by atomic mass is 10.2. The van der Waals surface area contributed by atoms with Crippen molar-refractivity contribution < 1.29 is 19.7 Å². The molecule has 4 N–H and O–H groups in total. The zero-order valence-corrected chi connectivity index (χ0v) is 18.0. The summed E-state index contributed by atoms with van der Waals surface area (Å²) in [7, 11) is 0. The third kappa shape index (κ3) is 4.66. The number of thioether (sulfide) groups is 1. The summed E-state index contributed by atoms with van der Waals surface area (Å²) in [6.45, 7) is 0.283. The average Bonchev–Trinajstić information content (AvgIpc) is 3.18. The first kappa shape index (κ1) is 21.6. The standard InChI is InChI=1S/C21H17ClN4O5S/c22-15-4-2-1-3-14(15)20-24-25-21(32-11-13-8-18(29)19(30)10-31-13)26(20)23-9-12-5-6-16(27)17(28)7-12/h1-8,10,23,27-28,30H,9,11H2. The summed E-state index contributed by atoms with van der Waals surface area (Å²) >= 11 is 7.61. The highest BCUT2D eigenvalue weighted by atomic mass is 35.5. The molecule has 164 valence electrons. The van der Waals surface area contributed by atoms with Crippen molar-refractivity contribution in [1.29, 1.82) is 0 Å². The van der Waals surface area contributed by atoms with E-state index in [1.807, 2.05) is 18.2 Å². The van der Waals surface area contributed by atoms with Crippen LogP contribution in [0.1, 0.15) is 11.3 Å². The molecule has 0 saturated heterocycles. The zero-order chi connectivity index (χ0) is 22.7. The molecule has 2 aromatic carbocycles. The lowest BCUT2D eigenvalue weighted by Crippen LogP contribution is -2.17. The molecular weight excluding hydrogens is 456 g/mol. The third-order valence-electron chi connectivity index (χ3n) is 4.44. The molecule has 0 saturated carbocycles. The van der Waals surface area contributed by atoms with E-state index in [2.05, 4.69) is 15.6 Å². The summed E-state index contributed by atoms with van der Waals surface area (Å²) in [6.07, 6.45) is 0.994. The molecule has 0 atom stereocenters. The first-order valence-corrected chi connectivity index (χ1v) is 10.7. The van der Waals surface area contributed by atoms with Crippen molar-refractivity contribution in [1.82, 2.24) is 14.9 Å². The molecule has 0 radical (unpaired) electrons. The van der Waals surface area contributed by atoms with E-state index in [-0.39, 0.29) is 23.8 Å². The minimum atomic E-state index is -0.532. The number of phenolic OH excluding ortho intramolecular Hbond substituents is 2. The second-order valence-corrected chi connectivity index (χ2v) is 8.01. The summed E-state index contributed by atoms with van der Waals surface area (Å²) in [6, 6.07) is 12.9. The maximum Gasteiger partial charge on any atom is 0.226 e. The molecule has 0 aliphatic heterocycles. The molecule has 2 aromatic heterocycles. The Morgan fingerprint density at radius 2 is 1.84 bits per heavy atom. The Labute approximate surface area is 190 Å². The maximum atomic E-state index is 11.6. The van der Waals surface area contributed by atoms with Gasteiger partial charge in [0, 0.05) is 11.6 Å². The summed E-state index contributed by atoms with van der Waals surface area (Å²) in [5.74, 6) is 0.195. The first-order valence-electron chi connectivity index (χ1n) is 9.31. The van der Waals surface area contributed by atoms with Crippen LogP contribution in [0.5, 0.6) is 17.2 Å². The molecule has 32 heavy (non-hydrogen) atoms. The number of nitrogens with zero attached hydrogens (tertiary/aromatic N) is 3. The molecule has 11 heteroatoms. The molecule has 4 aromatic rings. The van der Waals surface area contributed by atoms with Crippen LogP contribution in [0.4, 0.5) is 0 Å². The molecule has 9 nitrogen and oxygen atoms in total. The summed E-state index contributed by atoms with van der Waals surface area (Å²) in [5.41, 5.74) is 4.03. The number of halogens is 1. The Hall–Kier alpha value is -3.63. The van der Waals surface area contributed by atoms with Crippen molar-refractivity contribution in [2.75, 3.05) is 5.43 Å². The number of rotatable bonds is 7. The largest absolute Gasteiger partial charge is 0.504 e. The predicted octanol–water partition coefficient (Wildman–Crippen LogP) is 3.70. The lowest BCUT2D eigenvalue weighted by molar-refractivity contribution is 0.403. The molecule has 0 aliphatic carbocycles. The number of aromatic hydroxyl groups is 3. The number of hydrogen-bond donors (Lipinski definition) is 4. The Balaban J connectivity index is 1.63. The first-order chi connectivity index (χ1) is 15.4.